The first-order valence-corrected chi connectivity index (χ1v) is 13.1. The predicted octanol–water partition coefficient (Wildman–Crippen LogP) is 2.51. The molecule has 2 aromatic carbocycles. The van der Waals surface area contributed by atoms with E-state index in [0.717, 1.165) is 55.5 Å². The van der Waals surface area contributed by atoms with Gasteiger partial charge in [0.1, 0.15) is 0 Å². The Morgan fingerprint density at radius 2 is 1.70 bits per heavy atom. The van der Waals surface area contributed by atoms with Crippen molar-refractivity contribution in [3.05, 3.63) is 64.1 Å². The van der Waals surface area contributed by atoms with Crippen molar-refractivity contribution in [1.82, 2.24) is 20.1 Å². The van der Waals surface area contributed by atoms with E-state index in [0.29, 0.717) is 17.9 Å². The SMILES string of the molecule is Nc1nc(N2CCC(N(CCc3ccc(Br)cc3)Cc3ccc(S(N)(=O)=O)cc3)CC2)n[nH]1. The minimum absolute atomic E-state index is 0.131. The highest BCUT2D eigenvalue weighted by Crippen LogP contribution is 2.23. The molecule has 11 heteroatoms. The fraction of sp³-hybridized carbons (Fsp3) is 0.364. The molecule has 5 N–H and O–H groups in total. The van der Waals surface area contributed by atoms with Crippen molar-refractivity contribution in [1.29, 1.82) is 0 Å². The highest BCUT2D eigenvalue weighted by Gasteiger charge is 2.26. The highest BCUT2D eigenvalue weighted by atomic mass is 79.9. The minimum atomic E-state index is -3.70. The Labute approximate surface area is 202 Å². The first kappa shape index (κ1) is 23.7. The number of nitrogens with two attached hydrogens (primary N) is 2. The van der Waals surface area contributed by atoms with Gasteiger partial charge in [-0.1, -0.05) is 40.2 Å². The Morgan fingerprint density at radius 3 is 2.27 bits per heavy atom. The zero-order valence-electron chi connectivity index (χ0n) is 18.2. The zero-order valence-corrected chi connectivity index (χ0v) is 20.6. The number of nitrogens with one attached hydrogen (secondary N) is 1. The molecule has 0 amide bonds. The number of aromatic amines is 1. The maximum absolute atomic E-state index is 11.6. The summed E-state index contributed by atoms with van der Waals surface area (Å²) in [5.41, 5.74) is 8.01. The average Bonchev–Trinajstić information content (AvgIpc) is 3.24. The Hall–Kier alpha value is -2.47. The lowest BCUT2D eigenvalue weighted by Crippen LogP contribution is -2.45. The quantitative estimate of drug-likeness (QED) is 0.404. The van der Waals surface area contributed by atoms with Crippen LogP contribution >= 0.6 is 15.9 Å². The number of halogens is 1. The van der Waals surface area contributed by atoms with Crippen LogP contribution in [0.3, 0.4) is 0 Å². The smallest absolute Gasteiger partial charge is 0.246 e. The van der Waals surface area contributed by atoms with Crippen LogP contribution in [0.1, 0.15) is 24.0 Å². The lowest BCUT2D eigenvalue weighted by molar-refractivity contribution is 0.162. The van der Waals surface area contributed by atoms with E-state index in [9.17, 15) is 8.42 Å². The first-order chi connectivity index (χ1) is 15.8. The molecule has 0 spiro atoms. The summed E-state index contributed by atoms with van der Waals surface area (Å²) in [4.78, 5) is 9.01. The molecule has 0 bridgehead atoms. The van der Waals surface area contributed by atoms with Crippen LogP contribution in [0.4, 0.5) is 11.9 Å². The fourth-order valence-electron chi connectivity index (χ4n) is 4.17. The maximum atomic E-state index is 11.6. The molecule has 0 radical (unpaired) electrons. The molecular formula is C22H28BrN7O2S. The maximum Gasteiger partial charge on any atom is 0.246 e. The number of primary sulfonamides is 1. The van der Waals surface area contributed by atoms with E-state index in [1.165, 1.54) is 5.56 Å². The molecule has 0 unspecified atom stereocenters. The molecule has 4 rings (SSSR count). The van der Waals surface area contributed by atoms with Crippen LogP contribution in [0.2, 0.25) is 0 Å². The molecule has 1 aromatic heterocycles. The average molecular weight is 534 g/mol. The van der Waals surface area contributed by atoms with Crippen LogP contribution in [-0.2, 0) is 23.0 Å². The number of H-pyrrole nitrogens is 1. The summed E-state index contributed by atoms with van der Waals surface area (Å²) >= 11 is 3.49. The summed E-state index contributed by atoms with van der Waals surface area (Å²) in [6, 6.07) is 15.6. The number of benzene rings is 2. The molecule has 9 nitrogen and oxygen atoms in total. The largest absolute Gasteiger partial charge is 0.368 e. The van der Waals surface area contributed by atoms with Gasteiger partial charge in [-0.15, -0.1) is 5.10 Å². The first-order valence-electron chi connectivity index (χ1n) is 10.8. The lowest BCUT2D eigenvalue weighted by Gasteiger charge is -2.38. The van der Waals surface area contributed by atoms with Gasteiger partial charge < -0.3 is 10.6 Å². The molecule has 1 aliphatic heterocycles. The van der Waals surface area contributed by atoms with Gasteiger partial charge >= 0.3 is 0 Å². The minimum Gasteiger partial charge on any atom is -0.368 e. The van der Waals surface area contributed by atoms with Crippen LogP contribution in [0, 0.1) is 0 Å². The van der Waals surface area contributed by atoms with E-state index in [1.54, 1.807) is 12.1 Å². The summed E-state index contributed by atoms with van der Waals surface area (Å²) in [6.07, 6.45) is 2.88. The summed E-state index contributed by atoms with van der Waals surface area (Å²) in [5, 5.41) is 12.1. The van der Waals surface area contributed by atoms with Crippen molar-refractivity contribution in [3.63, 3.8) is 0 Å². The number of piperidine rings is 1. The van der Waals surface area contributed by atoms with Gasteiger partial charge in [0.2, 0.25) is 21.9 Å². The van der Waals surface area contributed by atoms with Crippen molar-refractivity contribution in [2.45, 2.75) is 36.7 Å². The van der Waals surface area contributed by atoms with E-state index < -0.39 is 10.0 Å². The zero-order chi connectivity index (χ0) is 23.4. The number of nitrogen functional groups attached to an aromatic ring is 1. The Bertz CT molecular complexity index is 1160. The van der Waals surface area contributed by atoms with Crippen LogP contribution in [0.25, 0.3) is 0 Å². The fourth-order valence-corrected chi connectivity index (χ4v) is 4.95. The second-order valence-electron chi connectivity index (χ2n) is 8.27. The van der Waals surface area contributed by atoms with E-state index >= 15 is 0 Å². The molecular weight excluding hydrogens is 506 g/mol. The Balaban J connectivity index is 1.45. The molecule has 0 saturated carbocycles. The Kier molecular flexibility index (Phi) is 7.32. The second-order valence-corrected chi connectivity index (χ2v) is 10.8. The van der Waals surface area contributed by atoms with E-state index in [-0.39, 0.29) is 4.90 Å². The van der Waals surface area contributed by atoms with Crippen molar-refractivity contribution in [2.24, 2.45) is 5.14 Å². The van der Waals surface area contributed by atoms with Gasteiger partial charge in [-0.3, -0.25) is 4.90 Å². The summed E-state index contributed by atoms with van der Waals surface area (Å²) in [6.45, 7) is 3.33. The third kappa shape index (κ3) is 6.32. The third-order valence-electron chi connectivity index (χ3n) is 5.99. The topological polar surface area (TPSA) is 134 Å². The molecule has 0 atom stereocenters. The third-order valence-corrected chi connectivity index (χ3v) is 7.45. The van der Waals surface area contributed by atoms with Gasteiger partial charge in [0, 0.05) is 36.7 Å². The second kappa shape index (κ2) is 10.2. The number of anilines is 2. The van der Waals surface area contributed by atoms with Crippen LogP contribution < -0.4 is 15.8 Å². The van der Waals surface area contributed by atoms with Gasteiger partial charge in [-0.05, 0) is 54.7 Å². The molecule has 2 heterocycles. The number of sulfonamides is 1. The molecule has 176 valence electrons. The van der Waals surface area contributed by atoms with Crippen LogP contribution in [-0.4, -0.2) is 54.2 Å². The summed E-state index contributed by atoms with van der Waals surface area (Å²) in [5.74, 6) is 0.970. The lowest BCUT2D eigenvalue weighted by atomic mass is 10.0. The predicted molar refractivity (Wildman–Crippen MR) is 132 cm³/mol. The normalized spacial score (nSPS) is 15.3. The van der Waals surface area contributed by atoms with Gasteiger partial charge in [-0.25, -0.2) is 18.7 Å². The number of hydrogen-bond acceptors (Lipinski definition) is 7. The molecule has 0 aliphatic carbocycles. The molecule has 1 saturated heterocycles. The van der Waals surface area contributed by atoms with Crippen LogP contribution in [0.15, 0.2) is 57.9 Å². The summed E-state index contributed by atoms with van der Waals surface area (Å²) in [7, 11) is -3.70. The molecule has 3 aromatic rings. The molecule has 1 fully saturated rings. The van der Waals surface area contributed by atoms with Gasteiger partial charge in [0.15, 0.2) is 0 Å². The van der Waals surface area contributed by atoms with Crippen molar-refractivity contribution >= 4 is 37.8 Å². The standard InChI is InChI=1S/C22H28BrN7O2S/c23-18-5-1-16(2-6-18)9-12-30(15-17-3-7-20(8-4-17)33(25,31)32)19-10-13-29(14-11-19)22-26-21(24)27-28-22/h1-8,19H,9-15H2,(H2,25,31,32)(H3,24,26,27,28). The van der Waals surface area contributed by atoms with E-state index in [2.05, 4.69) is 65.2 Å². The number of nitrogens with zero attached hydrogens (tertiary/aromatic N) is 4. The van der Waals surface area contributed by atoms with Gasteiger partial charge in [0.05, 0.1) is 4.90 Å². The van der Waals surface area contributed by atoms with Crippen LogP contribution in [0.5, 0.6) is 0 Å². The Morgan fingerprint density at radius 1 is 1.06 bits per heavy atom. The van der Waals surface area contributed by atoms with Gasteiger partial charge in [0.25, 0.3) is 0 Å². The summed E-state index contributed by atoms with van der Waals surface area (Å²) < 4.78 is 24.2. The van der Waals surface area contributed by atoms with Crippen molar-refractivity contribution in [3.8, 4) is 0 Å². The molecule has 1 aliphatic rings. The van der Waals surface area contributed by atoms with Gasteiger partial charge in [-0.2, -0.15) is 4.98 Å². The van der Waals surface area contributed by atoms with E-state index in [1.807, 2.05) is 12.1 Å². The number of hydrogen-bond donors (Lipinski definition) is 3. The number of rotatable bonds is 8. The number of aromatic nitrogens is 3. The monoisotopic (exact) mass is 533 g/mol. The van der Waals surface area contributed by atoms with E-state index in [4.69, 9.17) is 10.9 Å². The van der Waals surface area contributed by atoms with Crippen molar-refractivity contribution < 1.29 is 8.42 Å². The highest BCUT2D eigenvalue weighted by molar-refractivity contribution is 9.10. The molecule has 33 heavy (non-hydrogen) atoms. The van der Waals surface area contributed by atoms with Crippen molar-refractivity contribution in [2.75, 3.05) is 30.3 Å².